The Morgan fingerprint density at radius 2 is 1.71 bits per heavy atom. The molecule has 0 saturated carbocycles. The summed E-state index contributed by atoms with van der Waals surface area (Å²) in [5.74, 6) is 0.496. The van der Waals surface area contributed by atoms with E-state index in [-0.39, 0.29) is 35.0 Å². The second kappa shape index (κ2) is 9.32. The number of aryl methyl sites for hydroxylation is 1. The molecule has 0 aliphatic carbocycles. The third-order valence-corrected chi connectivity index (χ3v) is 3.57. The molecule has 0 aliphatic heterocycles. The average Bonchev–Trinajstić information content (AvgIpc) is 2.51. The van der Waals surface area contributed by atoms with E-state index in [2.05, 4.69) is 20.3 Å². The van der Waals surface area contributed by atoms with Crippen LogP contribution in [0.4, 0.5) is 11.6 Å². The molecular formula is C16H13Cl2N4NaO. The fraction of sp³-hybridized carbons (Fsp3) is 0.0625. The predicted molar refractivity (Wildman–Crippen MR) is 91.7 cm³/mol. The smallest absolute Gasteiger partial charge is 0.870 e. The summed E-state index contributed by atoms with van der Waals surface area (Å²) in [7, 11) is 0. The standard InChI is InChI=1S/C16H12Cl2N4.Na.H2O/c1-10-2-3-12(17)9-14(10)22-16-20-7-5-13(21-16)11-4-6-19-15(18)8-11;;/h2-9H,1H3,(H,20,21,22);;1H2/q;+1;/p-1. The summed E-state index contributed by atoms with van der Waals surface area (Å²) < 4.78 is 0. The van der Waals surface area contributed by atoms with Crippen molar-refractivity contribution in [2.45, 2.75) is 6.92 Å². The van der Waals surface area contributed by atoms with Crippen LogP contribution in [-0.4, -0.2) is 20.4 Å². The number of hydrogen-bond acceptors (Lipinski definition) is 5. The number of halogens is 2. The number of pyridine rings is 1. The van der Waals surface area contributed by atoms with Crippen molar-refractivity contribution < 1.29 is 35.0 Å². The maximum atomic E-state index is 6.03. The molecule has 24 heavy (non-hydrogen) atoms. The van der Waals surface area contributed by atoms with Crippen LogP contribution in [0.5, 0.6) is 0 Å². The van der Waals surface area contributed by atoms with Crippen LogP contribution in [0.2, 0.25) is 10.2 Å². The summed E-state index contributed by atoms with van der Waals surface area (Å²) in [5, 5.41) is 4.27. The van der Waals surface area contributed by atoms with Crippen LogP contribution in [0.1, 0.15) is 5.56 Å². The molecule has 2 N–H and O–H groups in total. The molecule has 0 fully saturated rings. The van der Waals surface area contributed by atoms with E-state index < -0.39 is 0 Å². The fourth-order valence-electron chi connectivity index (χ4n) is 1.99. The van der Waals surface area contributed by atoms with Gasteiger partial charge in [-0.05, 0) is 42.8 Å². The van der Waals surface area contributed by atoms with Gasteiger partial charge in [-0.3, -0.25) is 0 Å². The summed E-state index contributed by atoms with van der Waals surface area (Å²) in [6.07, 6.45) is 3.34. The molecule has 5 nitrogen and oxygen atoms in total. The van der Waals surface area contributed by atoms with Crippen molar-refractivity contribution in [3.8, 4) is 11.3 Å². The fourth-order valence-corrected chi connectivity index (χ4v) is 2.34. The Bertz CT molecular complexity index is 833. The van der Waals surface area contributed by atoms with Gasteiger partial charge in [0.05, 0.1) is 5.69 Å². The van der Waals surface area contributed by atoms with Crippen LogP contribution in [0.25, 0.3) is 11.3 Å². The summed E-state index contributed by atoms with van der Waals surface area (Å²) in [6.45, 7) is 1.99. The SMILES string of the molecule is Cc1ccc(Cl)cc1Nc1nccc(-c2ccnc(Cl)c2)n1.[Na+].[OH-]. The number of nitrogens with zero attached hydrogens (tertiary/aromatic N) is 3. The van der Waals surface area contributed by atoms with E-state index in [1.165, 1.54) is 0 Å². The molecule has 1 aromatic carbocycles. The third kappa shape index (κ3) is 5.14. The number of aromatic nitrogens is 3. The quantitative estimate of drug-likeness (QED) is 0.560. The molecule has 0 atom stereocenters. The average molecular weight is 371 g/mol. The molecule has 0 amide bonds. The van der Waals surface area contributed by atoms with E-state index >= 15 is 0 Å². The zero-order valence-electron chi connectivity index (χ0n) is 13.2. The van der Waals surface area contributed by atoms with Crippen molar-refractivity contribution in [1.82, 2.24) is 15.0 Å². The summed E-state index contributed by atoms with van der Waals surface area (Å²) in [5.41, 5.74) is 3.58. The third-order valence-electron chi connectivity index (χ3n) is 3.12. The van der Waals surface area contributed by atoms with Gasteiger partial charge in [0.15, 0.2) is 0 Å². The Kier molecular flexibility index (Phi) is 8.09. The van der Waals surface area contributed by atoms with Crippen molar-refractivity contribution in [2.75, 3.05) is 5.32 Å². The number of anilines is 2. The van der Waals surface area contributed by atoms with Gasteiger partial charge in [-0.2, -0.15) is 0 Å². The van der Waals surface area contributed by atoms with Crippen LogP contribution in [0.3, 0.4) is 0 Å². The van der Waals surface area contributed by atoms with Gasteiger partial charge in [-0.25, -0.2) is 15.0 Å². The first-order valence-corrected chi connectivity index (χ1v) is 7.35. The van der Waals surface area contributed by atoms with Gasteiger partial charge >= 0.3 is 29.6 Å². The Morgan fingerprint density at radius 3 is 2.46 bits per heavy atom. The minimum Gasteiger partial charge on any atom is -0.870 e. The van der Waals surface area contributed by atoms with E-state index in [0.717, 1.165) is 22.5 Å². The van der Waals surface area contributed by atoms with Gasteiger partial charge < -0.3 is 10.8 Å². The Labute approximate surface area is 172 Å². The Hall–Kier alpha value is -1.21. The van der Waals surface area contributed by atoms with Crippen LogP contribution < -0.4 is 34.9 Å². The van der Waals surface area contributed by atoms with Gasteiger partial charge in [0.1, 0.15) is 5.15 Å². The van der Waals surface area contributed by atoms with Gasteiger partial charge in [0, 0.05) is 28.7 Å². The van der Waals surface area contributed by atoms with Gasteiger partial charge in [0.2, 0.25) is 5.95 Å². The first-order valence-electron chi connectivity index (χ1n) is 6.60. The maximum Gasteiger partial charge on any atom is 1.00 e. The predicted octanol–water partition coefficient (Wildman–Crippen LogP) is 1.72. The monoisotopic (exact) mass is 370 g/mol. The number of nitrogens with one attached hydrogen (secondary N) is 1. The van der Waals surface area contributed by atoms with E-state index in [0.29, 0.717) is 16.1 Å². The zero-order chi connectivity index (χ0) is 15.5. The maximum absolute atomic E-state index is 6.03. The second-order valence-electron chi connectivity index (χ2n) is 4.72. The summed E-state index contributed by atoms with van der Waals surface area (Å²) >= 11 is 11.9. The van der Waals surface area contributed by atoms with Crippen LogP contribution in [0, 0.1) is 6.92 Å². The molecule has 0 aliphatic rings. The van der Waals surface area contributed by atoms with Crippen molar-refractivity contribution in [3.05, 3.63) is 64.5 Å². The molecule has 3 aromatic rings. The summed E-state index contributed by atoms with van der Waals surface area (Å²) in [4.78, 5) is 12.7. The van der Waals surface area contributed by atoms with Crippen LogP contribution in [-0.2, 0) is 0 Å². The summed E-state index contributed by atoms with van der Waals surface area (Å²) in [6, 6.07) is 11.1. The van der Waals surface area contributed by atoms with E-state index in [9.17, 15) is 0 Å². The number of rotatable bonds is 3. The molecule has 0 spiro atoms. The molecule has 0 saturated heterocycles. The van der Waals surface area contributed by atoms with E-state index in [1.807, 2.05) is 37.3 Å². The van der Waals surface area contributed by atoms with Gasteiger partial charge in [-0.15, -0.1) is 0 Å². The minimum absolute atomic E-state index is 0. The first kappa shape index (κ1) is 20.8. The molecule has 2 aromatic heterocycles. The number of benzene rings is 1. The van der Waals surface area contributed by atoms with Crippen LogP contribution in [0.15, 0.2) is 48.8 Å². The largest absolute Gasteiger partial charge is 1.00 e. The molecule has 8 heteroatoms. The second-order valence-corrected chi connectivity index (χ2v) is 5.54. The topological polar surface area (TPSA) is 80.7 Å². The minimum atomic E-state index is 0. The normalized spacial score (nSPS) is 9.62. The molecule has 2 heterocycles. The number of hydrogen-bond donors (Lipinski definition) is 1. The molecule has 118 valence electrons. The Morgan fingerprint density at radius 1 is 0.958 bits per heavy atom. The van der Waals surface area contributed by atoms with Crippen LogP contribution >= 0.6 is 23.2 Å². The molecular weight excluding hydrogens is 358 g/mol. The van der Waals surface area contributed by atoms with Crippen molar-refractivity contribution in [1.29, 1.82) is 0 Å². The molecule has 3 rings (SSSR count). The van der Waals surface area contributed by atoms with Crippen molar-refractivity contribution in [2.24, 2.45) is 0 Å². The van der Waals surface area contributed by atoms with E-state index in [4.69, 9.17) is 23.2 Å². The Balaban J connectivity index is 0.00000144. The molecule has 0 bridgehead atoms. The zero-order valence-corrected chi connectivity index (χ0v) is 16.7. The first-order chi connectivity index (χ1) is 10.6. The molecule has 0 unspecified atom stereocenters. The van der Waals surface area contributed by atoms with Gasteiger partial charge in [-0.1, -0.05) is 29.3 Å². The van der Waals surface area contributed by atoms with Gasteiger partial charge in [0.25, 0.3) is 0 Å². The van der Waals surface area contributed by atoms with E-state index in [1.54, 1.807) is 18.5 Å². The molecule has 0 radical (unpaired) electrons. The van der Waals surface area contributed by atoms with Crippen molar-refractivity contribution >= 4 is 34.8 Å². The van der Waals surface area contributed by atoms with Crippen molar-refractivity contribution in [3.63, 3.8) is 0 Å².